The van der Waals surface area contributed by atoms with Gasteiger partial charge in [-0.1, -0.05) is 24.3 Å². The molecule has 0 heterocycles. The molecule has 0 amide bonds. The summed E-state index contributed by atoms with van der Waals surface area (Å²) >= 11 is 0. The molecule has 0 bridgehead atoms. The molecule has 0 N–H and O–H groups in total. The number of hydrogen-bond acceptors (Lipinski definition) is 3. The highest BCUT2D eigenvalue weighted by atomic mass is 19.1. The molecule has 0 aliphatic carbocycles. The van der Waals surface area contributed by atoms with Crippen LogP contribution >= 0.6 is 0 Å². The van der Waals surface area contributed by atoms with E-state index in [1.165, 1.54) is 19.1 Å². The minimum absolute atomic E-state index is 0.171. The molecule has 0 unspecified atom stereocenters. The first-order chi connectivity index (χ1) is 8.99. The lowest BCUT2D eigenvalue weighted by atomic mass is 9.96. The summed E-state index contributed by atoms with van der Waals surface area (Å²) in [6.45, 7) is 1.40. The van der Waals surface area contributed by atoms with Gasteiger partial charge in [-0.05, 0) is 36.2 Å². The maximum Gasteiger partial charge on any atom is 0.160 e. The van der Waals surface area contributed by atoms with Crippen LogP contribution in [0.1, 0.15) is 27.6 Å². The first-order valence-electron chi connectivity index (χ1n) is 5.61. The molecule has 0 aliphatic heterocycles. The third-order valence-electron chi connectivity index (χ3n) is 2.75. The summed E-state index contributed by atoms with van der Waals surface area (Å²) in [5.41, 5.74) is 0.993. The number of ketones is 1. The van der Waals surface area contributed by atoms with Crippen LogP contribution in [0, 0.1) is 5.82 Å². The summed E-state index contributed by atoms with van der Waals surface area (Å²) in [6.07, 6.45) is 0. The molecule has 0 fully saturated rings. The van der Waals surface area contributed by atoms with Crippen molar-refractivity contribution in [3.63, 3.8) is 0 Å². The van der Waals surface area contributed by atoms with Crippen LogP contribution in [0.4, 0.5) is 4.39 Å². The smallest absolute Gasteiger partial charge is 0.160 e. The average Bonchev–Trinajstić information content (AvgIpc) is 2.37. The number of rotatable bonds is 3. The molecule has 0 spiro atoms. The van der Waals surface area contributed by atoms with Crippen molar-refractivity contribution in [2.45, 2.75) is 6.92 Å². The predicted octanol–water partition coefficient (Wildman–Crippen LogP) is 2.06. The Labute approximate surface area is 109 Å². The van der Waals surface area contributed by atoms with Crippen molar-refractivity contribution in [3.05, 3.63) is 59.4 Å². The van der Waals surface area contributed by atoms with Gasteiger partial charge in [0.1, 0.15) is 5.82 Å². The van der Waals surface area contributed by atoms with Crippen LogP contribution in [0.25, 0.3) is 11.1 Å². The highest BCUT2D eigenvalue weighted by Gasteiger charge is 2.10. The summed E-state index contributed by atoms with van der Waals surface area (Å²) < 4.78 is 13.4. The Morgan fingerprint density at radius 1 is 1.11 bits per heavy atom. The Morgan fingerprint density at radius 3 is 2.42 bits per heavy atom. The van der Waals surface area contributed by atoms with E-state index in [-0.39, 0.29) is 11.3 Å². The van der Waals surface area contributed by atoms with Crippen molar-refractivity contribution < 1.29 is 19.1 Å². The van der Waals surface area contributed by atoms with E-state index >= 15 is 0 Å². The molecule has 0 aromatic heterocycles. The molecule has 96 valence electrons. The molecule has 0 radical (unpaired) electrons. The quantitative estimate of drug-likeness (QED) is 0.791. The van der Waals surface area contributed by atoms with Gasteiger partial charge in [0.15, 0.2) is 5.78 Å². The van der Waals surface area contributed by atoms with Gasteiger partial charge in [-0.2, -0.15) is 0 Å². The zero-order chi connectivity index (χ0) is 14.0. The molecule has 0 saturated heterocycles. The maximum atomic E-state index is 13.4. The van der Waals surface area contributed by atoms with Gasteiger partial charge < -0.3 is 9.90 Å². The van der Waals surface area contributed by atoms with Crippen LogP contribution in [-0.2, 0) is 0 Å². The largest absolute Gasteiger partial charge is 0.545 e. The van der Waals surface area contributed by atoms with Gasteiger partial charge in [0, 0.05) is 11.1 Å². The number of hydrogen-bond donors (Lipinski definition) is 0. The minimum atomic E-state index is -1.46. The third-order valence-corrected chi connectivity index (χ3v) is 2.75. The Hall–Kier alpha value is -2.49. The van der Waals surface area contributed by atoms with Crippen LogP contribution in [0.3, 0.4) is 0 Å². The predicted molar refractivity (Wildman–Crippen MR) is 66.2 cm³/mol. The van der Waals surface area contributed by atoms with Gasteiger partial charge in [-0.15, -0.1) is 0 Å². The van der Waals surface area contributed by atoms with E-state index < -0.39 is 11.8 Å². The van der Waals surface area contributed by atoms with E-state index in [0.717, 1.165) is 6.07 Å². The zero-order valence-corrected chi connectivity index (χ0v) is 10.1. The van der Waals surface area contributed by atoms with Gasteiger partial charge >= 0.3 is 0 Å². The van der Waals surface area contributed by atoms with Gasteiger partial charge in [-0.3, -0.25) is 4.79 Å². The summed E-state index contributed by atoms with van der Waals surface area (Å²) in [5, 5.41) is 10.8. The average molecular weight is 257 g/mol. The first kappa shape index (κ1) is 13.0. The van der Waals surface area contributed by atoms with Crippen molar-refractivity contribution in [1.29, 1.82) is 0 Å². The Kier molecular flexibility index (Phi) is 3.42. The van der Waals surface area contributed by atoms with E-state index in [1.54, 1.807) is 24.3 Å². The molecule has 2 aromatic rings. The second kappa shape index (κ2) is 5.02. The fraction of sp³-hybridized carbons (Fsp3) is 0.0667. The van der Waals surface area contributed by atoms with Crippen LogP contribution in [-0.4, -0.2) is 11.8 Å². The maximum absolute atomic E-state index is 13.4. The highest BCUT2D eigenvalue weighted by molar-refractivity contribution is 6.01. The van der Waals surface area contributed by atoms with Gasteiger partial charge in [-0.25, -0.2) is 4.39 Å². The van der Waals surface area contributed by atoms with Gasteiger partial charge in [0.05, 0.1) is 5.97 Å². The second-order valence-electron chi connectivity index (χ2n) is 4.12. The lowest BCUT2D eigenvalue weighted by Crippen LogP contribution is -2.22. The van der Waals surface area contributed by atoms with Crippen LogP contribution < -0.4 is 5.11 Å². The number of carbonyl (C=O) groups is 2. The molecule has 2 rings (SSSR count). The van der Waals surface area contributed by atoms with Crippen molar-refractivity contribution in [1.82, 2.24) is 0 Å². The van der Waals surface area contributed by atoms with Crippen molar-refractivity contribution >= 4 is 11.8 Å². The number of aromatic carboxylic acids is 1. The monoisotopic (exact) mass is 257 g/mol. The van der Waals surface area contributed by atoms with Crippen LogP contribution in [0.5, 0.6) is 0 Å². The molecular formula is C15H10FO3-. The SMILES string of the molecule is CC(=O)c1ccccc1-c1cc(F)cc(C(=O)[O-])c1. The Morgan fingerprint density at radius 2 is 1.79 bits per heavy atom. The fourth-order valence-electron chi connectivity index (χ4n) is 1.90. The van der Waals surface area contributed by atoms with E-state index in [0.29, 0.717) is 16.7 Å². The molecule has 0 saturated carbocycles. The zero-order valence-electron chi connectivity index (χ0n) is 10.1. The van der Waals surface area contributed by atoms with Crippen molar-refractivity contribution in [2.24, 2.45) is 0 Å². The molecular weight excluding hydrogens is 247 g/mol. The van der Waals surface area contributed by atoms with Crippen LogP contribution in [0.15, 0.2) is 42.5 Å². The lowest BCUT2D eigenvalue weighted by Gasteiger charge is -2.10. The normalized spacial score (nSPS) is 10.2. The fourth-order valence-corrected chi connectivity index (χ4v) is 1.90. The molecule has 2 aromatic carbocycles. The Bertz CT molecular complexity index is 662. The number of carbonyl (C=O) groups excluding carboxylic acids is 2. The van der Waals surface area contributed by atoms with Crippen molar-refractivity contribution in [3.8, 4) is 11.1 Å². The number of benzene rings is 2. The van der Waals surface area contributed by atoms with Crippen molar-refractivity contribution in [2.75, 3.05) is 0 Å². The summed E-state index contributed by atoms with van der Waals surface area (Å²) in [7, 11) is 0. The number of halogens is 1. The number of Topliss-reactive ketones (excluding diaryl/α,β-unsaturated/α-hetero) is 1. The van der Waals surface area contributed by atoms with Gasteiger partial charge in [0.2, 0.25) is 0 Å². The molecule has 0 atom stereocenters. The third kappa shape index (κ3) is 2.68. The van der Waals surface area contributed by atoms with E-state index in [9.17, 15) is 19.1 Å². The summed E-state index contributed by atoms with van der Waals surface area (Å²) in [6, 6.07) is 10.0. The minimum Gasteiger partial charge on any atom is -0.545 e. The number of carboxylic acids is 1. The molecule has 3 nitrogen and oxygen atoms in total. The summed E-state index contributed by atoms with van der Waals surface area (Å²) in [4.78, 5) is 22.3. The van der Waals surface area contributed by atoms with E-state index in [4.69, 9.17) is 0 Å². The molecule has 19 heavy (non-hydrogen) atoms. The van der Waals surface area contributed by atoms with Gasteiger partial charge in [0.25, 0.3) is 0 Å². The summed E-state index contributed by atoms with van der Waals surface area (Å²) in [5.74, 6) is -2.31. The first-order valence-corrected chi connectivity index (χ1v) is 5.61. The standard InChI is InChI=1S/C15H11FO3/c1-9(17)13-4-2-3-5-14(13)10-6-11(15(18)19)8-12(16)7-10/h2-8H,1H3,(H,18,19)/p-1. The lowest BCUT2D eigenvalue weighted by molar-refractivity contribution is -0.255. The Balaban J connectivity index is 2.65. The van der Waals surface area contributed by atoms with E-state index in [2.05, 4.69) is 0 Å². The topological polar surface area (TPSA) is 57.2 Å². The van der Waals surface area contributed by atoms with E-state index in [1.807, 2.05) is 0 Å². The second-order valence-corrected chi connectivity index (χ2v) is 4.12. The molecule has 0 aliphatic rings. The molecule has 4 heteroatoms. The van der Waals surface area contributed by atoms with Crippen LogP contribution in [0.2, 0.25) is 0 Å². The highest BCUT2D eigenvalue weighted by Crippen LogP contribution is 2.26. The number of carboxylic acid groups (broad SMARTS) is 1.